The molecule has 0 aromatic carbocycles. The number of amides is 2. The van der Waals surface area contributed by atoms with Crippen LogP contribution in [0.2, 0.25) is 0 Å². The van der Waals surface area contributed by atoms with E-state index in [2.05, 4.69) is 9.97 Å². The normalized spacial score (nSPS) is 11.8. The number of pyridine rings is 2. The van der Waals surface area contributed by atoms with E-state index < -0.39 is 23.7 Å². The third-order valence-electron chi connectivity index (χ3n) is 3.45. The van der Waals surface area contributed by atoms with E-state index in [1.165, 1.54) is 50.5 Å². The Morgan fingerprint density at radius 1 is 0.808 bits per heavy atom. The molecule has 2 aromatic rings. The van der Waals surface area contributed by atoms with Crippen LogP contribution in [0.3, 0.4) is 0 Å². The molecule has 2 N–H and O–H groups in total. The van der Waals surface area contributed by atoms with E-state index in [9.17, 15) is 27.2 Å². The fraction of sp³-hybridized carbons (Fsp3) is 0.250. The molecule has 0 radical (unpaired) electrons. The van der Waals surface area contributed by atoms with Crippen molar-refractivity contribution in [3.8, 4) is 0 Å². The first-order valence-electron chi connectivity index (χ1n) is 7.29. The molecule has 2 amide bonds. The summed E-state index contributed by atoms with van der Waals surface area (Å²) in [6, 6.07) is 5.83. The van der Waals surface area contributed by atoms with Gasteiger partial charge in [0.1, 0.15) is 11.6 Å². The zero-order valence-corrected chi connectivity index (χ0v) is 13.7. The number of hydrogen-bond acceptors (Lipinski definition) is 4. The maximum atomic E-state index is 14.0. The minimum absolute atomic E-state index is 0.286. The fourth-order valence-electron chi connectivity index (χ4n) is 1.89. The number of aromatic nitrogens is 2. The van der Waals surface area contributed by atoms with Gasteiger partial charge in [-0.25, -0.2) is 9.97 Å². The molecule has 2 aromatic heterocycles. The largest absolute Gasteiger partial charge is 0.396 e. The van der Waals surface area contributed by atoms with Gasteiger partial charge in [-0.2, -0.15) is 17.6 Å². The van der Waals surface area contributed by atoms with Crippen molar-refractivity contribution in [1.82, 2.24) is 9.97 Å². The zero-order chi connectivity index (χ0) is 19.5. The summed E-state index contributed by atoms with van der Waals surface area (Å²) in [7, 11) is 0. The molecular formula is C16H14F4N4O2. The van der Waals surface area contributed by atoms with E-state index in [0.717, 1.165) is 0 Å². The number of alkyl halides is 4. The van der Waals surface area contributed by atoms with Crippen molar-refractivity contribution in [2.75, 3.05) is 10.6 Å². The van der Waals surface area contributed by atoms with Crippen molar-refractivity contribution in [3.05, 3.63) is 47.8 Å². The summed E-state index contributed by atoms with van der Waals surface area (Å²) in [5, 5.41) is 3.22. The second kappa shape index (κ2) is 7.06. The summed E-state index contributed by atoms with van der Waals surface area (Å²) < 4.78 is 56.0. The van der Waals surface area contributed by atoms with Gasteiger partial charge in [0.2, 0.25) is 0 Å². The molecule has 2 rings (SSSR count). The number of halogens is 4. The molecule has 0 atom stereocenters. The van der Waals surface area contributed by atoms with Crippen LogP contribution in [0, 0.1) is 13.8 Å². The van der Waals surface area contributed by atoms with E-state index >= 15 is 0 Å². The summed E-state index contributed by atoms with van der Waals surface area (Å²) in [6.07, 6.45) is 2.38. The summed E-state index contributed by atoms with van der Waals surface area (Å²) >= 11 is 0. The minimum atomic E-state index is -5.32. The number of hydrogen-bond donors (Lipinski definition) is 2. The maximum Gasteiger partial charge on any atom is 0.396 e. The molecule has 0 aliphatic carbocycles. The van der Waals surface area contributed by atoms with Gasteiger partial charge in [-0.15, -0.1) is 0 Å². The molecule has 26 heavy (non-hydrogen) atoms. The third-order valence-corrected chi connectivity index (χ3v) is 3.45. The standard InChI is InChI=1S/C16H14F4N4O2/c1-9-5-3-7-21-11(9)23-13(25)15(17,18)16(19,20)14(26)24-12-10(2)6-4-8-22-12/h3-8H,1-2H3,(H,21,23,25)(H,22,24,26). The lowest BCUT2D eigenvalue weighted by atomic mass is 10.1. The van der Waals surface area contributed by atoms with Crippen molar-refractivity contribution >= 4 is 23.5 Å². The number of rotatable bonds is 5. The monoisotopic (exact) mass is 370 g/mol. The number of nitrogens with one attached hydrogen (secondary N) is 2. The zero-order valence-electron chi connectivity index (χ0n) is 13.7. The molecule has 2 heterocycles. The average Bonchev–Trinajstić information content (AvgIpc) is 2.58. The van der Waals surface area contributed by atoms with Crippen LogP contribution in [0.15, 0.2) is 36.7 Å². The lowest BCUT2D eigenvalue weighted by Crippen LogP contribution is -2.56. The molecule has 0 fully saturated rings. The number of carbonyl (C=O) groups excluding carboxylic acids is 2. The Bertz CT molecular complexity index is 773. The van der Waals surface area contributed by atoms with Gasteiger partial charge in [-0.3, -0.25) is 9.59 Å². The summed E-state index contributed by atoms with van der Waals surface area (Å²) in [5.74, 6) is -16.0. The number of aryl methyl sites for hydroxylation is 2. The quantitative estimate of drug-likeness (QED) is 0.793. The van der Waals surface area contributed by atoms with E-state index in [1.807, 2.05) is 0 Å². The summed E-state index contributed by atoms with van der Waals surface area (Å²) in [6.45, 7) is 2.88. The molecule has 6 nitrogen and oxygen atoms in total. The molecule has 0 aliphatic heterocycles. The first-order valence-corrected chi connectivity index (χ1v) is 7.29. The van der Waals surface area contributed by atoms with Gasteiger partial charge in [0.25, 0.3) is 0 Å². The molecule has 0 aliphatic rings. The Morgan fingerprint density at radius 2 is 1.15 bits per heavy atom. The van der Waals surface area contributed by atoms with E-state index in [0.29, 0.717) is 0 Å². The SMILES string of the molecule is Cc1cccnc1NC(=O)C(F)(F)C(F)(F)C(=O)Nc1ncccc1C. The van der Waals surface area contributed by atoms with Crippen molar-refractivity contribution in [3.63, 3.8) is 0 Å². The topological polar surface area (TPSA) is 84.0 Å². The van der Waals surface area contributed by atoms with E-state index in [-0.39, 0.29) is 22.8 Å². The molecule has 10 heteroatoms. The first-order chi connectivity index (χ1) is 12.1. The number of nitrogens with zero attached hydrogens (tertiary/aromatic N) is 2. The Balaban J connectivity index is 2.22. The Labute approximate surface area is 145 Å². The van der Waals surface area contributed by atoms with Crippen LogP contribution >= 0.6 is 0 Å². The minimum Gasteiger partial charge on any atom is -0.305 e. The highest BCUT2D eigenvalue weighted by Gasteiger charge is 2.67. The van der Waals surface area contributed by atoms with Gasteiger partial charge in [-0.1, -0.05) is 12.1 Å². The van der Waals surface area contributed by atoms with Crippen LogP contribution in [0.4, 0.5) is 29.2 Å². The van der Waals surface area contributed by atoms with Gasteiger partial charge < -0.3 is 10.6 Å². The second-order valence-electron chi connectivity index (χ2n) is 5.39. The molecule has 0 saturated heterocycles. The van der Waals surface area contributed by atoms with Crippen LogP contribution < -0.4 is 10.6 Å². The number of anilines is 2. The van der Waals surface area contributed by atoms with Crippen LogP contribution in [0.5, 0.6) is 0 Å². The highest BCUT2D eigenvalue weighted by Crippen LogP contribution is 2.36. The summed E-state index contributed by atoms with van der Waals surface area (Å²) in [5.41, 5.74) is 0.571. The smallest absolute Gasteiger partial charge is 0.305 e. The highest BCUT2D eigenvalue weighted by atomic mass is 19.3. The molecular weight excluding hydrogens is 356 g/mol. The van der Waals surface area contributed by atoms with Gasteiger partial charge in [0, 0.05) is 12.4 Å². The molecule has 0 spiro atoms. The molecule has 0 bridgehead atoms. The van der Waals surface area contributed by atoms with Crippen molar-refractivity contribution < 1.29 is 27.2 Å². The Kier molecular flexibility index (Phi) is 5.24. The maximum absolute atomic E-state index is 14.0. The van der Waals surface area contributed by atoms with Crippen molar-refractivity contribution in [1.29, 1.82) is 0 Å². The second-order valence-corrected chi connectivity index (χ2v) is 5.39. The highest BCUT2D eigenvalue weighted by molar-refractivity contribution is 6.05. The van der Waals surface area contributed by atoms with Gasteiger partial charge in [0.15, 0.2) is 0 Å². The lowest BCUT2D eigenvalue weighted by molar-refractivity contribution is -0.204. The van der Waals surface area contributed by atoms with Crippen LogP contribution in [-0.2, 0) is 9.59 Å². The fourth-order valence-corrected chi connectivity index (χ4v) is 1.89. The van der Waals surface area contributed by atoms with Crippen molar-refractivity contribution in [2.45, 2.75) is 25.7 Å². The average molecular weight is 370 g/mol. The van der Waals surface area contributed by atoms with Gasteiger partial charge in [-0.05, 0) is 37.1 Å². The Hall–Kier alpha value is -3.04. The van der Waals surface area contributed by atoms with Crippen LogP contribution in [-0.4, -0.2) is 33.6 Å². The summed E-state index contributed by atoms with van der Waals surface area (Å²) in [4.78, 5) is 30.6. The first kappa shape index (κ1) is 19.3. The predicted molar refractivity (Wildman–Crippen MR) is 85.1 cm³/mol. The van der Waals surface area contributed by atoms with Crippen LogP contribution in [0.1, 0.15) is 11.1 Å². The van der Waals surface area contributed by atoms with Crippen molar-refractivity contribution in [2.24, 2.45) is 0 Å². The van der Waals surface area contributed by atoms with Gasteiger partial charge in [0.05, 0.1) is 0 Å². The molecule has 138 valence electrons. The lowest BCUT2D eigenvalue weighted by Gasteiger charge is -2.24. The number of carbonyl (C=O) groups is 2. The van der Waals surface area contributed by atoms with Gasteiger partial charge >= 0.3 is 23.7 Å². The van der Waals surface area contributed by atoms with E-state index in [4.69, 9.17) is 0 Å². The molecule has 0 unspecified atom stereocenters. The van der Waals surface area contributed by atoms with Crippen LogP contribution in [0.25, 0.3) is 0 Å². The van der Waals surface area contributed by atoms with E-state index in [1.54, 1.807) is 10.6 Å². The third kappa shape index (κ3) is 3.63. The molecule has 0 saturated carbocycles. The predicted octanol–water partition coefficient (Wildman–Crippen LogP) is 2.94. The Morgan fingerprint density at radius 3 is 1.46 bits per heavy atom.